The van der Waals surface area contributed by atoms with Crippen molar-refractivity contribution in [3.05, 3.63) is 76.7 Å². The third kappa shape index (κ3) is 6.09. The molecule has 0 spiro atoms. The van der Waals surface area contributed by atoms with Gasteiger partial charge in [0, 0.05) is 50.8 Å². The molecule has 202 valence electrons. The Morgan fingerprint density at radius 1 is 1.42 bits per heavy atom. The van der Waals surface area contributed by atoms with Gasteiger partial charge in [-0.25, -0.2) is 32.5 Å². The van der Waals surface area contributed by atoms with Gasteiger partial charge >= 0.3 is 0 Å². The molecule has 0 aromatic carbocycles. The highest BCUT2D eigenvalue weighted by molar-refractivity contribution is 7.93. The fourth-order valence-corrected chi connectivity index (χ4v) is 6.05. The van der Waals surface area contributed by atoms with E-state index in [2.05, 4.69) is 32.1 Å². The number of rotatable bonds is 10. The van der Waals surface area contributed by atoms with Gasteiger partial charge in [-0.15, -0.1) is 11.3 Å². The summed E-state index contributed by atoms with van der Waals surface area (Å²) < 4.78 is 48.7. The average Bonchev–Trinajstić information content (AvgIpc) is 3.51. The van der Waals surface area contributed by atoms with Gasteiger partial charge < -0.3 is 10.1 Å². The van der Waals surface area contributed by atoms with Crippen LogP contribution in [0.2, 0.25) is 0 Å². The number of aliphatic imine (C=N–C) groups is 2. The SMILES string of the molecule is C=C/C(F)=C\C(=C/C)S(=O)(=O)NCCNC1=NC(c2c(C3=CC=CC(C)(OC)C3)nc3sccn23)CC=N1. The molecule has 0 amide bonds. The summed E-state index contributed by atoms with van der Waals surface area (Å²) in [6.07, 6.45) is 14.4. The normalized spacial score (nSPS) is 22.5. The second-order valence-electron chi connectivity index (χ2n) is 8.91. The van der Waals surface area contributed by atoms with Gasteiger partial charge in [0.15, 0.2) is 4.96 Å². The average molecular weight is 559 g/mol. The van der Waals surface area contributed by atoms with Crippen molar-refractivity contribution < 1.29 is 17.5 Å². The molecular weight excluding hydrogens is 527 g/mol. The Kier molecular flexibility index (Phi) is 8.56. The van der Waals surface area contributed by atoms with Crippen LogP contribution in [0.4, 0.5) is 4.39 Å². The minimum Gasteiger partial charge on any atom is -0.374 e. The molecule has 9 nitrogen and oxygen atoms in total. The highest BCUT2D eigenvalue weighted by Gasteiger charge is 2.30. The van der Waals surface area contributed by atoms with Crippen molar-refractivity contribution in [2.24, 2.45) is 9.98 Å². The Morgan fingerprint density at radius 3 is 2.97 bits per heavy atom. The topological polar surface area (TPSA) is 109 Å². The molecule has 0 fully saturated rings. The summed E-state index contributed by atoms with van der Waals surface area (Å²) in [6, 6.07) is -0.228. The lowest BCUT2D eigenvalue weighted by Crippen LogP contribution is -2.35. The summed E-state index contributed by atoms with van der Waals surface area (Å²) in [5, 5.41) is 5.08. The van der Waals surface area contributed by atoms with Crippen LogP contribution in [0.5, 0.6) is 0 Å². The molecule has 2 atom stereocenters. The van der Waals surface area contributed by atoms with Crippen LogP contribution in [-0.4, -0.2) is 55.8 Å². The molecular formula is C26H31FN6O3S2. The third-order valence-corrected chi connectivity index (χ3v) is 8.58. The molecule has 0 saturated heterocycles. The molecule has 0 radical (unpaired) electrons. The second kappa shape index (κ2) is 11.7. The van der Waals surface area contributed by atoms with Crippen LogP contribution >= 0.6 is 11.3 Å². The minimum absolute atomic E-state index is 0.0595. The van der Waals surface area contributed by atoms with Gasteiger partial charge in [-0.2, -0.15) is 0 Å². The number of fused-ring (bicyclic) bond motifs is 1. The molecule has 1 aliphatic carbocycles. The molecule has 2 unspecified atom stereocenters. The van der Waals surface area contributed by atoms with E-state index in [0.29, 0.717) is 18.8 Å². The van der Waals surface area contributed by atoms with Crippen LogP contribution in [0.15, 0.2) is 75.3 Å². The first-order chi connectivity index (χ1) is 18.2. The first-order valence-corrected chi connectivity index (χ1v) is 14.4. The number of thiazole rings is 1. The van der Waals surface area contributed by atoms with Crippen LogP contribution in [0, 0.1) is 0 Å². The molecule has 3 heterocycles. The first kappa shape index (κ1) is 27.8. The van der Waals surface area contributed by atoms with Gasteiger partial charge in [0.2, 0.25) is 16.0 Å². The number of aromatic nitrogens is 2. The number of nitrogens with zero attached hydrogens (tertiary/aromatic N) is 4. The number of hydrogen-bond acceptors (Lipinski definition) is 8. The van der Waals surface area contributed by atoms with E-state index >= 15 is 0 Å². The molecule has 0 bridgehead atoms. The fourth-order valence-electron chi connectivity index (χ4n) is 4.22. The van der Waals surface area contributed by atoms with Gasteiger partial charge in [0.05, 0.1) is 21.9 Å². The van der Waals surface area contributed by atoms with E-state index in [1.54, 1.807) is 24.7 Å². The smallest absolute Gasteiger partial charge is 0.240 e. The highest BCUT2D eigenvalue weighted by atomic mass is 32.2. The van der Waals surface area contributed by atoms with Gasteiger partial charge in [-0.05, 0) is 31.6 Å². The molecule has 2 aromatic rings. The van der Waals surface area contributed by atoms with Crippen molar-refractivity contribution >= 4 is 44.1 Å². The Bertz CT molecular complexity index is 1500. The Hall–Kier alpha value is -3.19. The molecule has 12 heteroatoms. The summed E-state index contributed by atoms with van der Waals surface area (Å²) in [6.45, 7) is 7.16. The van der Waals surface area contributed by atoms with E-state index in [9.17, 15) is 12.8 Å². The Labute approximate surface area is 226 Å². The summed E-state index contributed by atoms with van der Waals surface area (Å²) in [7, 11) is -2.17. The molecule has 2 N–H and O–H groups in total. The lowest BCUT2D eigenvalue weighted by atomic mass is 9.88. The number of halogens is 1. The van der Waals surface area contributed by atoms with E-state index in [0.717, 1.165) is 34.1 Å². The van der Waals surface area contributed by atoms with Crippen LogP contribution in [0.3, 0.4) is 0 Å². The molecule has 4 rings (SSSR count). The fraction of sp³-hybridized carbons (Fsp3) is 0.346. The molecule has 2 aromatic heterocycles. The second-order valence-corrected chi connectivity index (χ2v) is 11.6. The zero-order chi connectivity index (χ0) is 27.3. The van der Waals surface area contributed by atoms with Crippen LogP contribution in [-0.2, 0) is 14.8 Å². The number of nitrogens with one attached hydrogen (secondary N) is 2. The number of sulfonamides is 1. The van der Waals surface area contributed by atoms with Crippen LogP contribution in [0.25, 0.3) is 10.5 Å². The van der Waals surface area contributed by atoms with Gasteiger partial charge in [-0.3, -0.25) is 4.40 Å². The standard InChI is InChI=1S/C26H31FN6O3S2/c1-5-19(27)16-20(6-2)38(34,35)30-13-12-29-24-28-11-9-21(31-24)23-22(32-25-33(23)14-15-37-25)18-8-7-10-26(3,17-18)36-4/h5-8,10-11,14-16,21,30H,1,9,12-13,17H2,2-4H3,(H,29,31)/b19-16+,20-6+. The molecule has 1 aliphatic heterocycles. The van der Waals surface area contributed by atoms with Gasteiger partial charge in [-0.1, -0.05) is 30.9 Å². The summed E-state index contributed by atoms with van der Waals surface area (Å²) >= 11 is 1.56. The van der Waals surface area contributed by atoms with E-state index in [1.165, 1.54) is 13.0 Å². The summed E-state index contributed by atoms with van der Waals surface area (Å²) in [5.74, 6) is -0.330. The van der Waals surface area contributed by atoms with Crippen molar-refractivity contribution in [3.8, 4) is 0 Å². The van der Waals surface area contributed by atoms with Crippen molar-refractivity contribution in [2.75, 3.05) is 20.2 Å². The van der Waals surface area contributed by atoms with Crippen molar-refractivity contribution in [3.63, 3.8) is 0 Å². The minimum atomic E-state index is -3.88. The lowest BCUT2D eigenvalue weighted by Gasteiger charge is -2.28. The van der Waals surface area contributed by atoms with Gasteiger partial charge in [0.1, 0.15) is 11.9 Å². The van der Waals surface area contributed by atoms with E-state index in [4.69, 9.17) is 14.7 Å². The van der Waals surface area contributed by atoms with E-state index < -0.39 is 21.5 Å². The van der Waals surface area contributed by atoms with E-state index in [-0.39, 0.29) is 24.0 Å². The number of guanidine groups is 1. The van der Waals surface area contributed by atoms with Gasteiger partial charge in [0.25, 0.3) is 0 Å². The Balaban J connectivity index is 1.49. The summed E-state index contributed by atoms with van der Waals surface area (Å²) in [4.78, 5) is 14.8. The molecule has 38 heavy (non-hydrogen) atoms. The van der Waals surface area contributed by atoms with E-state index in [1.807, 2.05) is 30.7 Å². The summed E-state index contributed by atoms with van der Waals surface area (Å²) in [5.41, 5.74) is 2.53. The molecule has 0 saturated carbocycles. The van der Waals surface area contributed by atoms with Crippen molar-refractivity contribution in [1.29, 1.82) is 0 Å². The lowest BCUT2D eigenvalue weighted by molar-refractivity contribution is 0.0526. The number of allylic oxidation sites excluding steroid dienone is 6. The number of hydrogen-bond donors (Lipinski definition) is 2. The number of ether oxygens (including phenoxy) is 1. The predicted molar refractivity (Wildman–Crippen MR) is 152 cm³/mol. The maximum Gasteiger partial charge on any atom is 0.240 e. The zero-order valence-electron chi connectivity index (χ0n) is 21.5. The largest absolute Gasteiger partial charge is 0.374 e. The monoisotopic (exact) mass is 558 g/mol. The third-order valence-electron chi connectivity index (χ3n) is 6.26. The molecule has 2 aliphatic rings. The van der Waals surface area contributed by atoms with Crippen LogP contribution < -0.4 is 10.0 Å². The highest BCUT2D eigenvalue weighted by Crippen LogP contribution is 2.38. The maximum atomic E-state index is 13.5. The quantitative estimate of drug-likeness (QED) is 0.330. The number of imidazole rings is 1. The Morgan fingerprint density at radius 2 is 2.24 bits per heavy atom. The number of methoxy groups -OCH3 is 1. The van der Waals surface area contributed by atoms with Crippen LogP contribution in [0.1, 0.15) is 44.1 Å². The maximum absolute atomic E-state index is 13.5. The first-order valence-electron chi connectivity index (χ1n) is 12.1. The van der Waals surface area contributed by atoms with Crippen molar-refractivity contribution in [1.82, 2.24) is 19.4 Å². The van der Waals surface area contributed by atoms with Crippen molar-refractivity contribution in [2.45, 2.75) is 38.3 Å². The predicted octanol–water partition coefficient (Wildman–Crippen LogP) is 4.47. The zero-order valence-corrected chi connectivity index (χ0v) is 23.2.